The third kappa shape index (κ3) is 4.40. The third-order valence-electron chi connectivity index (χ3n) is 7.94. The average molecular weight is 433 g/mol. The molecule has 0 N–H and O–H groups in total. The molecule has 168 valence electrons. The lowest BCUT2D eigenvalue weighted by Gasteiger charge is -2.40. The van der Waals surface area contributed by atoms with Crippen LogP contribution in [-0.2, 0) is 0 Å². The Kier molecular flexibility index (Phi) is 6.20. The van der Waals surface area contributed by atoms with Crippen molar-refractivity contribution in [2.75, 3.05) is 0 Å². The largest absolute Gasteiger partial charge is 0.203 e. The number of benzene rings is 2. The van der Waals surface area contributed by atoms with Gasteiger partial charge in [0.05, 0.1) is 0 Å². The first-order chi connectivity index (χ1) is 14.7. The van der Waals surface area contributed by atoms with E-state index >= 15 is 0 Å². The van der Waals surface area contributed by atoms with Crippen LogP contribution >= 0.6 is 0 Å². The minimum Gasteiger partial charge on any atom is -0.203 e. The van der Waals surface area contributed by atoms with Crippen LogP contribution in [0.2, 0.25) is 0 Å². The molecule has 4 rings (SSSR count). The van der Waals surface area contributed by atoms with E-state index in [1.165, 1.54) is 50.8 Å². The lowest BCUT2D eigenvalue weighted by Crippen LogP contribution is -2.28. The molecular formula is C27H32F4. The quantitative estimate of drug-likeness (QED) is 0.426. The van der Waals surface area contributed by atoms with E-state index in [1.54, 1.807) is 6.07 Å². The summed E-state index contributed by atoms with van der Waals surface area (Å²) in [6.45, 7) is 6.13. The van der Waals surface area contributed by atoms with E-state index in [0.29, 0.717) is 16.9 Å². The normalized spacial score (nSPS) is 24.4. The van der Waals surface area contributed by atoms with Crippen molar-refractivity contribution >= 4 is 0 Å². The second-order valence-electron chi connectivity index (χ2n) is 10.5. The second kappa shape index (κ2) is 8.60. The van der Waals surface area contributed by atoms with Gasteiger partial charge in [0.1, 0.15) is 0 Å². The molecular weight excluding hydrogens is 400 g/mol. The van der Waals surface area contributed by atoms with Crippen molar-refractivity contribution in [3.05, 3.63) is 58.7 Å². The summed E-state index contributed by atoms with van der Waals surface area (Å²) in [5.41, 5.74) is 0.497. The molecule has 2 aliphatic carbocycles. The van der Waals surface area contributed by atoms with Crippen molar-refractivity contribution < 1.29 is 17.6 Å². The lowest BCUT2D eigenvalue weighted by atomic mass is 9.65. The van der Waals surface area contributed by atoms with Gasteiger partial charge < -0.3 is 0 Å². The van der Waals surface area contributed by atoms with Gasteiger partial charge in [-0.2, -0.15) is 0 Å². The summed E-state index contributed by atoms with van der Waals surface area (Å²) in [4.78, 5) is 0. The fraction of sp³-hybridized carbons (Fsp3) is 0.556. The molecule has 0 atom stereocenters. The summed E-state index contributed by atoms with van der Waals surface area (Å²) in [6.07, 6.45) is 8.91. The Balaban J connectivity index is 1.48. The van der Waals surface area contributed by atoms with E-state index in [4.69, 9.17) is 0 Å². The van der Waals surface area contributed by atoms with Crippen molar-refractivity contribution in [2.45, 2.75) is 78.1 Å². The van der Waals surface area contributed by atoms with Crippen molar-refractivity contribution in [1.82, 2.24) is 0 Å². The van der Waals surface area contributed by atoms with Gasteiger partial charge in [-0.1, -0.05) is 38.1 Å². The van der Waals surface area contributed by atoms with E-state index in [9.17, 15) is 17.6 Å². The Bertz CT molecular complexity index is 944. The average Bonchev–Trinajstić information content (AvgIpc) is 2.75. The predicted molar refractivity (Wildman–Crippen MR) is 117 cm³/mol. The van der Waals surface area contributed by atoms with Crippen LogP contribution in [0.25, 0.3) is 11.1 Å². The van der Waals surface area contributed by atoms with Crippen LogP contribution in [0.1, 0.15) is 82.3 Å². The van der Waals surface area contributed by atoms with Crippen LogP contribution in [0.4, 0.5) is 17.6 Å². The molecule has 0 bridgehead atoms. The Morgan fingerprint density at radius 2 is 1.16 bits per heavy atom. The molecule has 2 aliphatic rings. The molecule has 0 nitrogen and oxygen atoms in total. The summed E-state index contributed by atoms with van der Waals surface area (Å²) in [6, 6.07) is 5.66. The molecule has 0 aliphatic heterocycles. The van der Waals surface area contributed by atoms with Crippen LogP contribution in [0.3, 0.4) is 0 Å². The molecule has 0 radical (unpaired) electrons. The Morgan fingerprint density at radius 1 is 0.645 bits per heavy atom. The fourth-order valence-corrected chi connectivity index (χ4v) is 5.74. The standard InChI is InChI=1S/C27H32F4/c1-16-4-9-21(25(30)23(16)28)22-11-10-20(24(29)26(22)31)19-7-5-17(6-8-19)18-12-14-27(2,3)15-13-18/h4,9-11,17-19H,5-8,12-15H2,1-3H3. The van der Waals surface area contributed by atoms with Crippen LogP contribution < -0.4 is 0 Å². The highest BCUT2D eigenvalue weighted by molar-refractivity contribution is 5.66. The van der Waals surface area contributed by atoms with Crippen LogP contribution in [0.15, 0.2) is 24.3 Å². The fourth-order valence-electron chi connectivity index (χ4n) is 5.74. The molecule has 2 fully saturated rings. The van der Waals surface area contributed by atoms with Gasteiger partial charge in [-0.3, -0.25) is 0 Å². The van der Waals surface area contributed by atoms with Crippen LogP contribution in [0.5, 0.6) is 0 Å². The van der Waals surface area contributed by atoms with E-state index in [0.717, 1.165) is 31.6 Å². The molecule has 0 saturated heterocycles. The maximum atomic E-state index is 15.0. The van der Waals surface area contributed by atoms with E-state index in [1.807, 2.05) is 0 Å². The molecule has 2 aromatic carbocycles. The third-order valence-corrected chi connectivity index (χ3v) is 7.94. The molecule has 0 amide bonds. The molecule has 31 heavy (non-hydrogen) atoms. The zero-order chi connectivity index (χ0) is 22.3. The molecule has 0 spiro atoms. The Hall–Kier alpha value is -1.84. The monoisotopic (exact) mass is 432 g/mol. The van der Waals surface area contributed by atoms with Gasteiger partial charge >= 0.3 is 0 Å². The minimum absolute atomic E-state index is 0.0144. The highest BCUT2D eigenvalue weighted by Crippen LogP contribution is 2.47. The number of halogens is 4. The zero-order valence-electron chi connectivity index (χ0n) is 18.7. The molecule has 2 aromatic rings. The van der Waals surface area contributed by atoms with Gasteiger partial charge in [-0.05, 0) is 92.6 Å². The maximum absolute atomic E-state index is 15.0. The van der Waals surface area contributed by atoms with Crippen molar-refractivity contribution in [1.29, 1.82) is 0 Å². The number of aryl methyl sites for hydroxylation is 1. The topological polar surface area (TPSA) is 0 Å². The van der Waals surface area contributed by atoms with Crippen LogP contribution in [-0.4, -0.2) is 0 Å². The summed E-state index contributed by atoms with van der Waals surface area (Å²) < 4.78 is 58.1. The molecule has 0 heterocycles. The second-order valence-corrected chi connectivity index (χ2v) is 10.5. The van der Waals surface area contributed by atoms with Gasteiger partial charge in [-0.25, -0.2) is 17.6 Å². The van der Waals surface area contributed by atoms with Gasteiger partial charge in [0.25, 0.3) is 0 Å². The SMILES string of the molecule is Cc1ccc(-c2ccc(C3CCC(C4CCC(C)(C)CC4)CC3)c(F)c2F)c(F)c1F. The molecule has 2 saturated carbocycles. The highest BCUT2D eigenvalue weighted by atomic mass is 19.2. The minimum atomic E-state index is -1.14. The smallest absolute Gasteiger partial charge is 0.167 e. The lowest BCUT2D eigenvalue weighted by molar-refractivity contribution is 0.122. The molecule has 0 unspecified atom stereocenters. The first-order valence-electron chi connectivity index (χ1n) is 11.6. The summed E-state index contributed by atoms with van der Waals surface area (Å²) in [5.74, 6) is -2.73. The Morgan fingerprint density at radius 3 is 1.77 bits per heavy atom. The van der Waals surface area contributed by atoms with E-state index in [-0.39, 0.29) is 22.6 Å². The van der Waals surface area contributed by atoms with Crippen molar-refractivity contribution in [2.24, 2.45) is 17.3 Å². The summed E-state index contributed by atoms with van der Waals surface area (Å²) in [5, 5.41) is 0. The molecule has 0 aromatic heterocycles. The maximum Gasteiger partial charge on any atom is 0.167 e. The highest BCUT2D eigenvalue weighted by Gasteiger charge is 2.34. The molecule has 4 heteroatoms. The van der Waals surface area contributed by atoms with Gasteiger partial charge in [0.15, 0.2) is 23.3 Å². The Labute approximate surface area is 183 Å². The van der Waals surface area contributed by atoms with E-state index < -0.39 is 23.3 Å². The van der Waals surface area contributed by atoms with Gasteiger partial charge in [0, 0.05) is 11.1 Å². The summed E-state index contributed by atoms with van der Waals surface area (Å²) in [7, 11) is 0. The number of rotatable bonds is 3. The predicted octanol–water partition coefficient (Wildman–Crippen LogP) is 8.71. The number of hydrogen-bond acceptors (Lipinski definition) is 0. The van der Waals surface area contributed by atoms with Gasteiger partial charge in [-0.15, -0.1) is 0 Å². The zero-order valence-corrected chi connectivity index (χ0v) is 18.7. The first-order valence-corrected chi connectivity index (χ1v) is 11.6. The van der Waals surface area contributed by atoms with Crippen LogP contribution in [0, 0.1) is 47.4 Å². The van der Waals surface area contributed by atoms with Crippen molar-refractivity contribution in [3.63, 3.8) is 0 Å². The first kappa shape index (κ1) is 22.4. The van der Waals surface area contributed by atoms with Crippen molar-refractivity contribution in [3.8, 4) is 11.1 Å². The number of hydrogen-bond donors (Lipinski definition) is 0. The summed E-state index contributed by atoms with van der Waals surface area (Å²) >= 11 is 0. The van der Waals surface area contributed by atoms with E-state index in [2.05, 4.69) is 13.8 Å². The van der Waals surface area contributed by atoms with Gasteiger partial charge in [0.2, 0.25) is 0 Å².